The SMILES string of the molecule is Cc1ccccc1-n1ncc(C(=O)N2CCC(c3nc(C4CC4)n[nH]3)CC2)c1C(F)(F)F. The van der Waals surface area contributed by atoms with Gasteiger partial charge in [0.25, 0.3) is 5.91 Å². The lowest BCUT2D eigenvalue weighted by molar-refractivity contribution is -0.143. The molecule has 7 nitrogen and oxygen atoms in total. The van der Waals surface area contributed by atoms with Crippen LogP contribution in [0.5, 0.6) is 0 Å². The molecular weight excluding hydrogens is 421 g/mol. The van der Waals surface area contributed by atoms with Gasteiger partial charge >= 0.3 is 6.18 Å². The second-order valence-electron chi connectivity index (χ2n) is 8.52. The average Bonchev–Trinajstić information content (AvgIpc) is 3.32. The van der Waals surface area contributed by atoms with Crippen LogP contribution >= 0.6 is 0 Å². The van der Waals surface area contributed by atoms with Gasteiger partial charge in [-0.15, -0.1) is 0 Å². The molecule has 0 atom stereocenters. The monoisotopic (exact) mass is 444 g/mol. The van der Waals surface area contributed by atoms with Crippen molar-refractivity contribution in [3.05, 3.63) is 58.9 Å². The minimum atomic E-state index is -4.72. The quantitative estimate of drug-likeness (QED) is 0.654. The highest BCUT2D eigenvalue weighted by Crippen LogP contribution is 2.39. The third-order valence-corrected chi connectivity index (χ3v) is 6.24. The molecule has 2 fully saturated rings. The van der Waals surface area contributed by atoms with Gasteiger partial charge in [-0.3, -0.25) is 9.89 Å². The van der Waals surface area contributed by atoms with E-state index in [1.165, 1.54) is 4.90 Å². The smallest absolute Gasteiger partial charge is 0.338 e. The number of rotatable bonds is 4. The molecule has 10 heteroatoms. The fraction of sp³-hybridized carbons (Fsp3) is 0.455. The van der Waals surface area contributed by atoms with Crippen LogP contribution in [0.15, 0.2) is 30.5 Å². The number of H-pyrrole nitrogens is 1. The summed E-state index contributed by atoms with van der Waals surface area (Å²) in [6.45, 7) is 2.42. The number of carbonyl (C=O) groups is 1. The summed E-state index contributed by atoms with van der Waals surface area (Å²) in [5.74, 6) is 1.58. The molecule has 1 saturated carbocycles. The lowest BCUT2D eigenvalue weighted by Crippen LogP contribution is -2.39. The van der Waals surface area contributed by atoms with Crippen molar-refractivity contribution >= 4 is 5.91 Å². The van der Waals surface area contributed by atoms with Gasteiger partial charge in [-0.1, -0.05) is 18.2 Å². The van der Waals surface area contributed by atoms with Crippen molar-refractivity contribution in [2.45, 2.75) is 50.6 Å². The van der Waals surface area contributed by atoms with Crippen LogP contribution in [0.4, 0.5) is 13.2 Å². The van der Waals surface area contributed by atoms with Crippen LogP contribution in [0, 0.1) is 6.92 Å². The van der Waals surface area contributed by atoms with Gasteiger partial charge in [-0.2, -0.15) is 23.4 Å². The van der Waals surface area contributed by atoms with E-state index in [1.54, 1.807) is 31.2 Å². The molecule has 1 saturated heterocycles. The summed E-state index contributed by atoms with van der Waals surface area (Å²) < 4.78 is 42.8. The zero-order valence-electron chi connectivity index (χ0n) is 17.6. The fourth-order valence-electron chi connectivity index (χ4n) is 4.28. The van der Waals surface area contributed by atoms with Crippen LogP contribution in [0.2, 0.25) is 0 Å². The first-order valence-electron chi connectivity index (χ1n) is 10.8. The number of para-hydroxylation sites is 1. The summed E-state index contributed by atoms with van der Waals surface area (Å²) in [5, 5.41) is 11.2. The summed E-state index contributed by atoms with van der Waals surface area (Å²) in [6, 6.07) is 6.66. The molecule has 1 aliphatic carbocycles. The van der Waals surface area contributed by atoms with E-state index in [9.17, 15) is 18.0 Å². The first-order chi connectivity index (χ1) is 15.3. The predicted molar refractivity (Wildman–Crippen MR) is 110 cm³/mol. The Balaban J connectivity index is 1.36. The Morgan fingerprint density at radius 3 is 2.47 bits per heavy atom. The summed E-state index contributed by atoms with van der Waals surface area (Å²) in [4.78, 5) is 19.1. The van der Waals surface area contributed by atoms with E-state index in [-0.39, 0.29) is 5.92 Å². The van der Waals surface area contributed by atoms with Crippen LogP contribution in [-0.4, -0.2) is 48.9 Å². The van der Waals surface area contributed by atoms with Gasteiger partial charge < -0.3 is 4.90 Å². The van der Waals surface area contributed by atoms with Crippen LogP contribution in [-0.2, 0) is 6.18 Å². The number of aromatic amines is 1. The van der Waals surface area contributed by atoms with E-state index in [0.717, 1.165) is 35.4 Å². The van der Waals surface area contributed by atoms with Crippen molar-refractivity contribution in [3.8, 4) is 5.69 Å². The maximum Gasteiger partial charge on any atom is 0.434 e. The summed E-state index contributed by atoms with van der Waals surface area (Å²) >= 11 is 0. The topological polar surface area (TPSA) is 79.7 Å². The highest BCUT2D eigenvalue weighted by molar-refractivity contribution is 5.95. The highest BCUT2D eigenvalue weighted by atomic mass is 19.4. The number of alkyl halides is 3. The second kappa shape index (κ2) is 7.75. The number of hydrogen-bond acceptors (Lipinski definition) is 4. The van der Waals surface area contributed by atoms with Crippen molar-refractivity contribution in [2.24, 2.45) is 0 Å². The van der Waals surface area contributed by atoms with Gasteiger partial charge in [0, 0.05) is 24.9 Å². The molecule has 2 aliphatic rings. The zero-order chi connectivity index (χ0) is 22.5. The van der Waals surface area contributed by atoms with Crippen LogP contribution < -0.4 is 0 Å². The Morgan fingerprint density at radius 2 is 1.81 bits per heavy atom. The summed E-state index contributed by atoms with van der Waals surface area (Å²) in [5.41, 5.74) is -0.522. The number of likely N-dealkylation sites (tertiary alicyclic amines) is 1. The van der Waals surface area contributed by atoms with Gasteiger partial charge in [-0.05, 0) is 44.2 Å². The molecule has 5 rings (SSSR count). The minimum absolute atomic E-state index is 0.121. The van der Waals surface area contributed by atoms with E-state index in [1.807, 2.05) is 0 Å². The molecule has 0 bridgehead atoms. The molecule has 1 N–H and O–H groups in total. The molecule has 3 heterocycles. The molecule has 32 heavy (non-hydrogen) atoms. The van der Waals surface area contributed by atoms with E-state index >= 15 is 0 Å². The molecular formula is C22H23F3N6O. The van der Waals surface area contributed by atoms with Gasteiger partial charge in [0.2, 0.25) is 0 Å². The Labute approximate surface area is 182 Å². The number of halogens is 3. The minimum Gasteiger partial charge on any atom is -0.338 e. The molecule has 0 spiro atoms. The van der Waals surface area contributed by atoms with E-state index < -0.39 is 23.3 Å². The fourth-order valence-corrected chi connectivity index (χ4v) is 4.28. The van der Waals surface area contributed by atoms with Crippen LogP contribution in [0.25, 0.3) is 5.69 Å². The number of aryl methyl sites for hydroxylation is 1. The predicted octanol–water partition coefficient (Wildman–Crippen LogP) is 4.21. The Hall–Kier alpha value is -3.17. The molecule has 2 aromatic heterocycles. The van der Waals surface area contributed by atoms with Gasteiger partial charge in [0.1, 0.15) is 5.82 Å². The Morgan fingerprint density at radius 1 is 1.09 bits per heavy atom. The van der Waals surface area contributed by atoms with E-state index in [0.29, 0.717) is 43.1 Å². The van der Waals surface area contributed by atoms with E-state index in [2.05, 4.69) is 20.3 Å². The van der Waals surface area contributed by atoms with Crippen molar-refractivity contribution in [2.75, 3.05) is 13.1 Å². The largest absolute Gasteiger partial charge is 0.434 e. The third kappa shape index (κ3) is 3.78. The van der Waals surface area contributed by atoms with Gasteiger partial charge in [-0.25, -0.2) is 9.67 Å². The average molecular weight is 444 g/mol. The Kier molecular flexibility index (Phi) is 5.02. The molecule has 0 radical (unpaired) electrons. The lowest BCUT2D eigenvalue weighted by atomic mass is 9.95. The molecule has 1 aromatic carbocycles. The number of amides is 1. The molecule has 168 valence electrons. The maximum absolute atomic E-state index is 14.0. The lowest BCUT2D eigenvalue weighted by Gasteiger charge is -2.31. The van der Waals surface area contributed by atoms with Crippen molar-refractivity contribution in [1.29, 1.82) is 0 Å². The standard InChI is InChI=1S/C22H23F3N6O/c1-13-4-2-3-5-17(13)31-18(22(23,24)25)16(12-26-31)21(32)30-10-8-15(9-11-30)20-27-19(28-29-20)14-6-7-14/h2-5,12,14-15H,6-11H2,1H3,(H,27,28,29). The zero-order valence-corrected chi connectivity index (χ0v) is 17.6. The molecule has 0 unspecified atom stereocenters. The van der Waals surface area contributed by atoms with Gasteiger partial charge in [0.05, 0.1) is 17.4 Å². The number of hydrogen-bond donors (Lipinski definition) is 1. The number of carbonyl (C=O) groups excluding carboxylic acids is 1. The number of benzene rings is 1. The maximum atomic E-state index is 14.0. The molecule has 1 amide bonds. The third-order valence-electron chi connectivity index (χ3n) is 6.24. The van der Waals surface area contributed by atoms with Crippen LogP contribution in [0.1, 0.15) is 70.8 Å². The summed E-state index contributed by atoms with van der Waals surface area (Å²) in [7, 11) is 0. The van der Waals surface area contributed by atoms with Crippen LogP contribution in [0.3, 0.4) is 0 Å². The second-order valence-corrected chi connectivity index (χ2v) is 8.52. The highest BCUT2D eigenvalue weighted by Gasteiger charge is 2.42. The Bertz CT molecular complexity index is 1140. The van der Waals surface area contributed by atoms with Crippen molar-refractivity contribution < 1.29 is 18.0 Å². The molecule has 3 aromatic rings. The normalized spacial score (nSPS) is 17.7. The molecule has 1 aliphatic heterocycles. The summed E-state index contributed by atoms with van der Waals surface area (Å²) in [6.07, 6.45) is -0.218. The number of aromatic nitrogens is 5. The van der Waals surface area contributed by atoms with Crippen molar-refractivity contribution in [3.63, 3.8) is 0 Å². The van der Waals surface area contributed by atoms with Gasteiger partial charge in [0.15, 0.2) is 11.5 Å². The number of nitrogens with zero attached hydrogens (tertiary/aromatic N) is 5. The van der Waals surface area contributed by atoms with Crippen molar-refractivity contribution in [1.82, 2.24) is 29.9 Å². The first-order valence-corrected chi connectivity index (χ1v) is 10.8. The van der Waals surface area contributed by atoms with E-state index in [4.69, 9.17) is 0 Å². The number of nitrogens with one attached hydrogen (secondary N) is 1. The first kappa shape index (κ1) is 20.7. The number of piperidine rings is 1.